The Balaban J connectivity index is 3.10. The Morgan fingerprint density at radius 3 is 2.83 bits per heavy atom. The minimum atomic E-state index is -1.09. The molecule has 1 N–H and O–H groups in total. The van der Waals surface area contributed by atoms with Gasteiger partial charge in [-0.05, 0) is 19.4 Å². The Morgan fingerprint density at radius 1 is 1.67 bits per heavy atom. The molecule has 1 atom stereocenters. The van der Waals surface area contributed by atoms with Gasteiger partial charge in [0.15, 0.2) is 0 Å². The second-order valence-electron chi connectivity index (χ2n) is 2.98. The molecule has 0 aliphatic rings. The number of nitrogens with zero attached hydrogens (tertiary/aromatic N) is 1. The van der Waals surface area contributed by atoms with Crippen LogP contribution in [0.25, 0.3) is 0 Å². The van der Waals surface area contributed by atoms with Crippen molar-refractivity contribution in [2.24, 2.45) is 0 Å². The molecule has 0 fully saturated rings. The first-order valence-corrected chi connectivity index (χ1v) is 3.90. The van der Waals surface area contributed by atoms with E-state index >= 15 is 0 Å². The highest BCUT2D eigenvalue weighted by Gasteiger charge is 2.23. The van der Waals surface area contributed by atoms with Gasteiger partial charge in [0.05, 0.1) is 11.8 Å². The van der Waals surface area contributed by atoms with Crippen molar-refractivity contribution >= 4 is 0 Å². The van der Waals surface area contributed by atoms with Gasteiger partial charge in [-0.25, -0.2) is 4.39 Å². The third-order valence-electron chi connectivity index (χ3n) is 2.04. The second-order valence-corrected chi connectivity index (χ2v) is 2.98. The molecule has 0 saturated carbocycles. The van der Waals surface area contributed by atoms with Crippen molar-refractivity contribution in [3.05, 3.63) is 29.8 Å². The van der Waals surface area contributed by atoms with E-state index in [0.717, 1.165) is 6.20 Å². The van der Waals surface area contributed by atoms with Crippen molar-refractivity contribution in [3.8, 4) is 0 Å². The third-order valence-corrected chi connectivity index (χ3v) is 2.04. The van der Waals surface area contributed by atoms with Crippen LogP contribution in [0, 0.1) is 5.82 Å². The van der Waals surface area contributed by atoms with Crippen molar-refractivity contribution in [2.75, 3.05) is 0 Å². The van der Waals surface area contributed by atoms with Crippen molar-refractivity contribution in [2.45, 2.75) is 25.9 Å². The fraction of sp³-hybridized carbons (Fsp3) is 0.444. The summed E-state index contributed by atoms with van der Waals surface area (Å²) in [5, 5.41) is 9.71. The average Bonchev–Trinajstić information content (AvgIpc) is 2.05. The number of aromatic nitrogens is 1. The number of halogens is 1. The van der Waals surface area contributed by atoms with Crippen LogP contribution in [0.5, 0.6) is 0 Å². The lowest BCUT2D eigenvalue weighted by Crippen LogP contribution is -2.21. The molecule has 1 aromatic rings. The molecule has 66 valence electrons. The molecule has 1 unspecified atom stereocenters. The molecule has 0 saturated heterocycles. The van der Waals surface area contributed by atoms with Gasteiger partial charge in [-0.2, -0.15) is 0 Å². The van der Waals surface area contributed by atoms with Crippen LogP contribution in [0.1, 0.15) is 25.8 Å². The van der Waals surface area contributed by atoms with Gasteiger partial charge in [-0.1, -0.05) is 6.92 Å². The summed E-state index contributed by atoms with van der Waals surface area (Å²) in [4.78, 5) is 3.61. The van der Waals surface area contributed by atoms with E-state index in [-0.39, 0.29) is 0 Å². The molecule has 0 aliphatic carbocycles. The molecular formula is C9H12FNO. The first kappa shape index (κ1) is 9.13. The zero-order valence-corrected chi connectivity index (χ0v) is 7.21. The summed E-state index contributed by atoms with van der Waals surface area (Å²) in [5.41, 5.74) is -0.785. The number of hydrogen-bond acceptors (Lipinski definition) is 2. The summed E-state index contributed by atoms with van der Waals surface area (Å²) in [6, 6.07) is 1.50. The minimum absolute atomic E-state index is 0.306. The van der Waals surface area contributed by atoms with E-state index in [4.69, 9.17) is 0 Å². The normalized spacial score (nSPS) is 15.7. The van der Waals surface area contributed by atoms with Gasteiger partial charge in [0, 0.05) is 11.8 Å². The number of hydrogen-bond donors (Lipinski definition) is 1. The van der Waals surface area contributed by atoms with E-state index in [1.807, 2.05) is 0 Å². The largest absolute Gasteiger partial charge is 0.385 e. The van der Waals surface area contributed by atoms with Gasteiger partial charge >= 0.3 is 0 Å². The van der Waals surface area contributed by atoms with Crippen molar-refractivity contribution < 1.29 is 9.50 Å². The Labute approximate surface area is 71.1 Å². The quantitative estimate of drug-likeness (QED) is 0.732. The molecule has 12 heavy (non-hydrogen) atoms. The second kappa shape index (κ2) is 3.19. The van der Waals surface area contributed by atoms with E-state index in [1.165, 1.54) is 12.3 Å². The molecule has 2 nitrogen and oxygen atoms in total. The number of rotatable bonds is 2. The molecule has 1 rings (SSSR count). The maximum absolute atomic E-state index is 13.0. The molecule has 0 aliphatic heterocycles. The molecule has 1 aromatic heterocycles. The standard InChI is InChI=1S/C9H12FNO/c1-3-9(2,12)7-4-5-11-6-8(7)10/h4-6,12H,3H2,1-2H3. The Hall–Kier alpha value is -0.960. The van der Waals surface area contributed by atoms with Crippen LogP contribution in [-0.2, 0) is 5.60 Å². The minimum Gasteiger partial charge on any atom is -0.385 e. The maximum Gasteiger partial charge on any atom is 0.147 e. The van der Waals surface area contributed by atoms with Crippen molar-refractivity contribution in [1.29, 1.82) is 0 Å². The number of aliphatic hydroxyl groups is 1. The summed E-state index contributed by atoms with van der Waals surface area (Å²) >= 11 is 0. The van der Waals surface area contributed by atoms with Crippen LogP contribution >= 0.6 is 0 Å². The van der Waals surface area contributed by atoms with E-state index in [2.05, 4.69) is 4.98 Å². The van der Waals surface area contributed by atoms with Crippen molar-refractivity contribution in [3.63, 3.8) is 0 Å². The van der Waals surface area contributed by atoms with Gasteiger partial charge in [0.2, 0.25) is 0 Å². The summed E-state index contributed by atoms with van der Waals surface area (Å²) < 4.78 is 13.0. The van der Waals surface area contributed by atoms with Crippen LogP contribution in [-0.4, -0.2) is 10.1 Å². The van der Waals surface area contributed by atoms with E-state index < -0.39 is 11.4 Å². The van der Waals surface area contributed by atoms with Gasteiger partial charge in [0.1, 0.15) is 5.82 Å². The zero-order chi connectivity index (χ0) is 9.19. The topological polar surface area (TPSA) is 33.1 Å². The number of pyridine rings is 1. The molecular weight excluding hydrogens is 157 g/mol. The molecule has 0 aromatic carbocycles. The van der Waals surface area contributed by atoms with Crippen molar-refractivity contribution in [1.82, 2.24) is 4.98 Å². The summed E-state index contributed by atoms with van der Waals surface area (Å²) in [5.74, 6) is -0.454. The smallest absolute Gasteiger partial charge is 0.147 e. The van der Waals surface area contributed by atoms with E-state index in [9.17, 15) is 9.50 Å². The monoisotopic (exact) mass is 169 g/mol. The highest BCUT2D eigenvalue weighted by Crippen LogP contribution is 2.25. The van der Waals surface area contributed by atoms with Gasteiger partial charge in [-0.15, -0.1) is 0 Å². The first-order chi connectivity index (χ1) is 5.58. The fourth-order valence-corrected chi connectivity index (χ4v) is 1.00. The molecule has 3 heteroatoms. The fourth-order valence-electron chi connectivity index (χ4n) is 1.00. The van der Waals surface area contributed by atoms with Crippen LogP contribution in [0.15, 0.2) is 18.5 Å². The summed E-state index contributed by atoms with van der Waals surface area (Å²) in [7, 11) is 0. The van der Waals surface area contributed by atoms with Gasteiger partial charge < -0.3 is 5.11 Å². The van der Waals surface area contributed by atoms with Gasteiger partial charge in [0.25, 0.3) is 0 Å². The lowest BCUT2D eigenvalue weighted by molar-refractivity contribution is 0.0492. The van der Waals surface area contributed by atoms with E-state index in [0.29, 0.717) is 12.0 Å². The Bertz CT molecular complexity index is 273. The summed E-state index contributed by atoms with van der Waals surface area (Å²) in [6.45, 7) is 3.39. The predicted octanol–water partition coefficient (Wildman–Crippen LogP) is 1.84. The van der Waals surface area contributed by atoms with Crippen LogP contribution in [0.2, 0.25) is 0 Å². The predicted molar refractivity (Wildman–Crippen MR) is 44.1 cm³/mol. The zero-order valence-electron chi connectivity index (χ0n) is 7.21. The average molecular weight is 169 g/mol. The molecule has 1 heterocycles. The molecule has 0 amide bonds. The lowest BCUT2D eigenvalue weighted by Gasteiger charge is -2.21. The highest BCUT2D eigenvalue weighted by atomic mass is 19.1. The van der Waals surface area contributed by atoms with Crippen LogP contribution in [0.3, 0.4) is 0 Å². The van der Waals surface area contributed by atoms with E-state index in [1.54, 1.807) is 13.8 Å². The molecule has 0 radical (unpaired) electrons. The highest BCUT2D eigenvalue weighted by molar-refractivity contribution is 5.19. The lowest BCUT2D eigenvalue weighted by atomic mass is 9.94. The Morgan fingerprint density at radius 2 is 2.33 bits per heavy atom. The maximum atomic E-state index is 13.0. The molecule has 0 bridgehead atoms. The summed E-state index contributed by atoms with van der Waals surface area (Å²) in [6.07, 6.45) is 3.07. The van der Waals surface area contributed by atoms with Gasteiger partial charge in [-0.3, -0.25) is 4.98 Å². The first-order valence-electron chi connectivity index (χ1n) is 3.90. The SMILES string of the molecule is CCC(C)(O)c1ccncc1F. The Kier molecular flexibility index (Phi) is 2.43. The molecule has 0 spiro atoms. The van der Waals surface area contributed by atoms with Crippen LogP contribution < -0.4 is 0 Å². The van der Waals surface area contributed by atoms with Crippen LogP contribution in [0.4, 0.5) is 4.39 Å². The third kappa shape index (κ3) is 1.61.